The van der Waals surface area contributed by atoms with Gasteiger partial charge >= 0.3 is 0 Å². The van der Waals surface area contributed by atoms with Gasteiger partial charge in [0.15, 0.2) is 0 Å². The smallest absolute Gasteiger partial charge is 0.273 e. The summed E-state index contributed by atoms with van der Waals surface area (Å²) in [6, 6.07) is 11.0. The molecular formula is C30H33FN4O2. The van der Waals surface area contributed by atoms with E-state index in [1.807, 2.05) is 18.2 Å². The van der Waals surface area contributed by atoms with E-state index < -0.39 is 5.60 Å². The van der Waals surface area contributed by atoms with E-state index in [1.54, 1.807) is 44.3 Å². The SMILES string of the molecule is CN=Cc1c(-c2cc(F)c(CN3Cc4cccnc4C3=O)c(C3CCCC3)c2)ccc(C(C)(C)O)c1N. The molecule has 2 aromatic carbocycles. The number of carbonyl (C=O) groups is 1. The van der Waals surface area contributed by atoms with E-state index in [0.29, 0.717) is 40.2 Å². The van der Waals surface area contributed by atoms with Crippen molar-refractivity contribution in [3.8, 4) is 11.1 Å². The van der Waals surface area contributed by atoms with Gasteiger partial charge in [-0.3, -0.25) is 14.8 Å². The van der Waals surface area contributed by atoms with Gasteiger partial charge in [0.1, 0.15) is 11.5 Å². The van der Waals surface area contributed by atoms with E-state index >= 15 is 4.39 Å². The van der Waals surface area contributed by atoms with Crippen LogP contribution in [0.25, 0.3) is 11.1 Å². The number of rotatable bonds is 6. The molecule has 0 saturated heterocycles. The van der Waals surface area contributed by atoms with E-state index in [-0.39, 0.29) is 24.2 Å². The van der Waals surface area contributed by atoms with Crippen LogP contribution in [0, 0.1) is 5.82 Å². The number of hydrogen-bond donors (Lipinski definition) is 2. The van der Waals surface area contributed by atoms with E-state index in [0.717, 1.165) is 42.4 Å². The first-order valence-electron chi connectivity index (χ1n) is 12.8. The molecule has 192 valence electrons. The van der Waals surface area contributed by atoms with Gasteiger partial charge < -0.3 is 15.7 Å². The lowest BCUT2D eigenvalue weighted by Gasteiger charge is -2.24. The van der Waals surface area contributed by atoms with Crippen LogP contribution in [0.1, 0.15) is 83.8 Å². The van der Waals surface area contributed by atoms with Crippen molar-refractivity contribution in [2.75, 3.05) is 12.8 Å². The first-order valence-corrected chi connectivity index (χ1v) is 12.8. The van der Waals surface area contributed by atoms with Crippen LogP contribution < -0.4 is 5.73 Å². The zero-order chi connectivity index (χ0) is 26.3. The highest BCUT2D eigenvalue weighted by Gasteiger charge is 2.32. The second-order valence-corrected chi connectivity index (χ2v) is 10.6. The Morgan fingerprint density at radius 1 is 1.24 bits per heavy atom. The Bertz CT molecular complexity index is 1390. The maximum atomic E-state index is 16.0. The number of hydrogen-bond acceptors (Lipinski definition) is 5. The summed E-state index contributed by atoms with van der Waals surface area (Å²) in [6.07, 6.45) is 7.48. The number of aliphatic hydroxyl groups is 1. The van der Waals surface area contributed by atoms with Gasteiger partial charge in [-0.05, 0) is 61.4 Å². The van der Waals surface area contributed by atoms with Crippen LogP contribution in [0.15, 0.2) is 47.6 Å². The number of carbonyl (C=O) groups excluding carboxylic acids is 1. The third-order valence-electron chi connectivity index (χ3n) is 7.63. The molecule has 2 heterocycles. The summed E-state index contributed by atoms with van der Waals surface area (Å²) in [7, 11) is 1.66. The Kier molecular flexibility index (Phi) is 6.58. The van der Waals surface area contributed by atoms with Crippen LogP contribution in [-0.2, 0) is 18.7 Å². The molecule has 0 atom stereocenters. The topological polar surface area (TPSA) is 91.8 Å². The Hall–Kier alpha value is -3.58. The molecule has 0 spiro atoms. The molecule has 7 heteroatoms. The number of benzene rings is 2. The molecule has 3 N–H and O–H groups in total. The van der Waals surface area contributed by atoms with Crippen LogP contribution in [0.2, 0.25) is 0 Å². The average Bonchev–Trinajstić information content (AvgIpc) is 3.50. The van der Waals surface area contributed by atoms with Crippen LogP contribution in [0.5, 0.6) is 0 Å². The number of aromatic nitrogens is 1. The zero-order valence-electron chi connectivity index (χ0n) is 21.6. The van der Waals surface area contributed by atoms with Gasteiger partial charge in [0, 0.05) is 60.5 Å². The highest BCUT2D eigenvalue weighted by molar-refractivity contribution is 5.98. The fourth-order valence-electron chi connectivity index (χ4n) is 5.78. The van der Waals surface area contributed by atoms with Gasteiger partial charge in [-0.1, -0.05) is 37.1 Å². The quantitative estimate of drug-likeness (QED) is 0.342. The molecule has 5 rings (SSSR count). The monoisotopic (exact) mass is 500 g/mol. The standard InChI is InChI=1S/C30H33FN4O2/c1-30(2,37)25-11-10-21(23(15-33-3)27(25)32)20-13-22(18-7-4-5-8-18)24(26(31)14-20)17-35-16-19-9-6-12-34-28(19)29(35)36/h6,9-15,18,37H,4-5,7-8,16-17,32H2,1-3H3. The Morgan fingerprint density at radius 2 is 2.00 bits per heavy atom. The third-order valence-corrected chi connectivity index (χ3v) is 7.63. The van der Waals surface area contributed by atoms with Gasteiger partial charge in [0.2, 0.25) is 0 Å². The lowest BCUT2D eigenvalue weighted by atomic mass is 9.86. The van der Waals surface area contributed by atoms with Crippen LogP contribution in [-0.4, -0.2) is 34.2 Å². The van der Waals surface area contributed by atoms with Gasteiger partial charge in [0.25, 0.3) is 5.91 Å². The summed E-state index contributed by atoms with van der Waals surface area (Å²) >= 11 is 0. The fourth-order valence-corrected chi connectivity index (χ4v) is 5.78. The molecule has 0 radical (unpaired) electrons. The highest BCUT2D eigenvalue weighted by Crippen LogP contribution is 2.41. The normalized spacial score (nSPS) is 16.2. The number of anilines is 1. The highest BCUT2D eigenvalue weighted by atomic mass is 19.1. The van der Waals surface area contributed by atoms with E-state index in [1.165, 1.54) is 6.07 Å². The summed E-state index contributed by atoms with van der Waals surface area (Å²) in [5.41, 5.74) is 11.4. The first kappa shape index (κ1) is 25.1. The van der Waals surface area contributed by atoms with Crippen molar-refractivity contribution in [2.45, 2.75) is 64.1 Å². The maximum absolute atomic E-state index is 16.0. The average molecular weight is 501 g/mol. The molecule has 6 nitrogen and oxygen atoms in total. The minimum Gasteiger partial charge on any atom is -0.398 e. The Labute approximate surface area is 217 Å². The van der Waals surface area contributed by atoms with Gasteiger partial charge in [0.05, 0.1) is 5.60 Å². The number of amides is 1. The summed E-state index contributed by atoms with van der Waals surface area (Å²) < 4.78 is 16.0. The second kappa shape index (κ2) is 9.71. The Balaban J connectivity index is 1.60. The lowest BCUT2D eigenvalue weighted by Crippen LogP contribution is -2.25. The van der Waals surface area contributed by atoms with Crippen LogP contribution >= 0.6 is 0 Å². The minimum absolute atomic E-state index is 0.159. The van der Waals surface area contributed by atoms with Crippen molar-refractivity contribution < 1.29 is 14.3 Å². The molecule has 0 unspecified atom stereocenters. The second-order valence-electron chi connectivity index (χ2n) is 10.6. The van der Waals surface area contributed by atoms with Crippen molar-refractivity contribution in [3.05, 3.63) is 81.9 Å². The van der Waals surface area contributed by atoms with Gasteiger partial charge in [-0.15, -0.1) is 0 Å². The predicted molar refractivity (Wildman–Crippen MR) is 144 cm³/mol. The molecule has 1 aliphatic heterocycles. The molecule has 1 fully saturated rings. The molecule has 1 amide bonds. The molecule has 2 aliphatic rings. The number of aliphatic imine (C=N–C) groups is 1. The first-order chi connectivity index (χ1) is 17.7. The molecule has 3 aromatic rings. The lowest BCUT2D eigenvalue weighted by molar-refractivity contribution is 0.0759. The van der Waals surface area contributed by atoms with E-state index in [2.05, 4.69) is 16.0 Å². The molecule has 37 heavy (non-hydrogen) atoms. The van der Waals surface area contributed by atoms with Gasteiger partial charge in [-0.2, -0.15) is 0 Å². The number of nitrogen functional groups attached to an aromatic ring is 1. The number of nitrogens with zero attached hydrogens (tertiary/aromatic N) is 3. The number of halogens is 1. The molecule has 1 saturated carbocycles. The van der Waals surface area contributed by atoms with E-state index in [4.69, 9.17) is 5.73 Å². The van der Waals surface area contributed by atoms with Crippen molar-refractivity contribution in [1.82, 2.24) is 9.88 Å². The van der Waals surface area contributed by atoms with Crippen molar-refractivity contribution in [2.24, 2.45) is 4.99 Å². The van der Waals surface area contributed by atoms with E-state index in [9.17, 15) is 9.90 Å². The maximum Gasteiger partial charge on any atom is 0.273 e. The van der Waals surface area contributed by atoms with Crippen LogP contribution in [0.3, 0.4) is 0 Å². The molecule has 0 bridgehead atoms. The zero-order valence-corrected chi connectivity index (χ0v) is 21.6. The largest absolute Gasteiger partial charge is 0.398 e. The summed E-state index contributed by atoms with van der Waals surface area (Å²) in [6.45, 7) is 4.01. The number of pyridine rings is 1. The predicted octanol–water partition coefficient (Wildman–Crippen LogP) is 5.56. The van der Waals surface area contributed by atoms with Crippen molar-refractivity contribution >= 4 is 17.8 Å². The molecule has 1 aliphatic carbocycles. The van der Waals surface area contributed by atoms with Crippen molar-refractivity contribution in [3.63, 3.8) is 0 Å². The minimum atomic E-state index is -1.13. The van der Waals surface area contributed by atoms with Crippen LogP contribution in [0.4, 0.5) is 10.1 Å². The summed E-state index contributed by atoms with van der Waals surface area (Å²) in [5.74, 6) is -0.257. The third kappa shape index (κ3) is 4.64. The summed E-state index contributed by atoms with van der Waals surface area (Å²) in [4.78, 5) is 23.1. The molecule has 1 aromatic heterocycles. The number of fused-ring (bicyclic) bond motifs is 1. The number of nitrogens with two attached hydrogens (primary N) is 1. The Morgan fingerprint density at radius 3 is 2.68 bits per heavy atom. The van der Waals surface area contributed by atoms with Gasteiger partial charge in [-0.25, -0.2) is 4.39 Å². The fraction of sp³-hybridized carbons (Fsp3) is 0.367. The van der Waals surface area contributed by atoms with Crippen molar-refractivity contribution in [1.29, 1.82) is 0 Å². The molecular weight excluding hydrogens is 467 g/mol. The summed E-state index contributed by atoms with van der Waals surface area (Å²) in [5, 5.41) is 10.6.